The summed E-state index contributed by atoms with van der Waals surface area (Å²) in [6.07, 6.45) is 0. The number of phenols is 1. The molecule has 108 valence electrons. The molecule has 0 aliphatic heterocycles. The molecule has 2 amide bonds. The van der Waals surface area contributed by atoms with E-state index in [4.69, 9.17) is 11.6 Å². The quantitative estimate of drug-likeness (QED) is 0.849. The van der Waals surface area contributed by atoms with Crippen LogP contribution in [-0.4, -0.2) is 22.7 Å². The molecule has 0 atom stereocenters. The van der Waals surface area contributed by atoms with Crippen molar-refractivity contribution in [3.8, 4) is 5.75 Å². The summed E-state index contributed by atoms with van der Waals surface area (Å²) in [5.41, 5.74) is 0.259. The molecule has 0 unspecified atom stereocenters. The number of phenolic OH excluding ortho intramolecular Hbond substituents is 1. The molecule has 0 saturated heterocycles. The van der Waals surface area contributed by atoms with E-state index in [2.05, 4.69) is 5.32 Å². The fourth-order valence-electron chi connectivity index (χ4n) is 1.60. The van der Waals surface area contributed by atoms with Gasteiger partial charge in [-0.1, -0.05) is 29.8 Å². The summed E-state index contributed by atoms with van der Waals surface area (Å²) in [7, 11) is 0. The van der Waals surface area contributed by atoms with E-state index in [0.717, 1.165) is 4.90 Å². The summed E-state index contributed by atoms with van der Waals surface area (Å²) < 4.78 is 0. The SMILES string of the molecule is O=C(CSc1cccc(O)c1)NC(=O)c1ccccc1Cl. The van der Waals surface area contributed by atoms with Crippen molar-refractivity contribution in [2.75, 3.05) is 5.75 Å². The molecule has 0 heterocycles. The lowest BCUT2D eigenvalue weighted by Gasteiger charge is -2.06. The zero-order valence-electron chi connectivity index (χ0n) is 10.9. The van der Waals surface area contributed by atoms with Crippen molar-refractivity contribution in [1.82, 2.24) is 5.32 Å². The predicted octanol–water partition coefficient (Wildman–Crippen LogP) is 3.09. The van der Waals surface area contributed by atoms with Crippen molar-refractivity contribution in [2.24, 2.45) is 0 Å². The molecule has 0 fully saturated rings. The first-order valence-corrected chi connectivity index (χ1v) is 7.43. The Morgan fingerprint density at radius 1 is 1.14 bits per heavy atom. The van der Waals surface area contributed by atoms with Gasteiger partial charge < -0.3 is 5.11 Å². The molecule has 0 aliphatic rings. The van der Waals surface area contributed by atoms with E-state index in [9.17, 15) is 14.7 Å². The summed E-state index contributed by atoms with van der Waals surface area (Å²) in [6.45, 7) is 0. The molecular weight excluding hydrogens is 310 g/mol. The molecule has 21 heavy (non-hydrogen) atoms. The number of nitrogens with one attached hydrogen (secondary N) is 1. The number of benzene rings is 2. The standard InChI is InChI=1S/C15H12ClNO3S/c16-13-7-2-1-6-12(13)15(20)17-14(19)9-21-11-5-3-4-10(18)8-11/h1-8,18H,9H2,(H,17,19,20). The van der Waals surface area contributed by atoms with Crippen LogP contribution in [0.5, 0.6) is 5.75 Å². The highest BCUT2D eigenvalue weighted by atomic mass is 35.5. The van der Waals surface area contributed by atoms with E-state index >= 15 is 0 Å². The summed E-state index contributed by atoms with van der Waals surface area (Å²) >= 11 is 7.11. The van der Waals surface area contributed by atoms with E-state index in [1.165, 1.54) is 11.8 Å². The van der Waals surface area contributed by atoms with Gasteiger partial charge in [-0.15, -0.1) is 11.8 Å². The van der Waals surface area contributed by atoms with Crippen LogP contribution in [0.1, 0.15) is 10.4 Å². The third kappa shape index (κ3) is 4.51. The number of aromatic hydroxyl groups is 1. The lowest BCUT2D eigenvalue weighted by atomic mass is 10.2. The number of rotatable bonds is 4. The van der Waals surface area contributed by atoms with Crippen LogP contribution in [0.15, 0.2) is 53.4 Å². The second-order valence-corrected chi connectivity index (χ2v) is 5.60. The molecule has 2 aromatic carbocycles. The average molecular weight is 322 g/mol. The van der Waals surface area contributed by atoms with Gasteiger partial charge in [-0.25, -0.2) is 0 Å². The third-order valence-electron chi connectivity index (χ3n) is 2.56. The van der Waals surface area contributed by atoms with Crippen LogP contribution in [0.25, 0.3) is 0 Å². The predicted molar refractivity (Wildman–Crippen MR) is 82.8 cm³/mol. The smallest absolute Gasteiger partial charge is 0.259 e. The summed E-state index contributed by atoms with van der Waals surface area (Å²) in [6, 6.07) is 13.1. The second kappa shape index (κ2) is 7.15. The minimum atomic E-state index is -0.526. The van der Waals surface area contributed by atoms with Gasteiger partial charge in [0.15, 0.2) is 0 Å². The van der Waals surface area contributed by atoms with E-state index in [0.29, 0.717) is 5.02 Å². The lowest BCUT2D eigenvalue weighted by molar-refractivity contribution is -0.117. The van der Waals surface area contributed by atoms with E-state index in [1.807, 2.05) is 0 Å². The van der Waals surface area contributed by atoms with Crippen LogP contribution in [0.4, 0.5) is 0 Å². The zero-order chi connectivity index (χ0) is 15.2. The van der Waals surface area contributed by atoms with Crippen LogP contribution in [0, 0.1) is 0 Å². The molecule has 2 rings (SSSR count). The van der Waals surface area contributed by atoms with Gasteiger partial charge in [-0.3, -0.25) is 14.9 Å². The van der Waals surface area contributed by atoms with Gasteiger partial charge in [-0.2, -0.15) is 0 Å². The molecule has 2 aromatic rings. The van der Waals surface area contributed by atoms with Crippen molar-refractivity contribution in [1.29, 1.82) is 0 Å². The first-order valence-electron chi connectivity index (χ1n) is 6.07. The normalized spacial score (nSPS) is 10.1. The summed E-state index contributed by atoms with van der Waals surface area (Å²) in [5, 5.41) is 11.9. The maximum absolute atomic E-state index is 11.9. The summed E-state index contributed by atoms with van der Waals surface area (Å²) in [4.78, 5) is 24.4. The highest BCUT2D eigenvalue weighted by Crippen LogP contribution is 2.21. The van der Waals surface area contributed by atoms with Gasteiger partial charge in [0.05, 0.1) is 16.3 Å². The van der Waals surface area contributed by atoms with E-state index in [1.54, 1.807) is 48.5 Å². The molecule has 0 saturated carbocycles. The highest BCUT2D eigenvalue weighted by Gasteiger charge is 2.13. The van der Waals surface area contributed by atoms with E-state index in [-0.39, 0.29) is 17.1 Å². The molecule has 0 spiro atoms. The van der Waals surface area contributed by atoms with Crippen molar-refractivity contribution in [3.63, 3.8) is 0 Å². The monoisotopic (exact) mass is 321 g/mol. The minimum absolute atomic E-state index is 0.0691. The molecule has 0 radical (unpaired) electrons. The number of halogens is 1. The van der Waals surface area contributed by atoms with Crippen LogP contribution in [-0.2, 0) is 4.79 Å². The van der Waals surface area contributed by atoms with Crippen molar-refractivity contribution < 1.29 is 14.7 Å². The number of hydrogen-bond donors (Lipinski definition) is 2. The Morgan fingerprint density at radius 3 is 2.62 bits per heavy atom. The molecular formula is C15H12ClNO3S. The Balaban J connectivity index is 1.90. The van der Waals surface area contributed by atoms with E-state index < -0.39 is 11.8 Å². The van der Waals surface area contributed by atoms with Crippen molar-refractivity contribution in [2.45, 2.75) is 4.90 Å². The van der Waals surface area contributed by atoms with Gasteiger partial charge >= 0.3 is 0 Å². The van der Waals surface area contributed by atoms with Crippen LogP contribution in [0.3, 0.4) is 0 Å². The van der Waals surface area contributed by atoms with Crippen molar-refractivity contribution in [3.05, 3.63) is 59.1 Å². The number of carbonyl (C=O) groups excluding carboxylic acids is 2. The number of hydrogen-bond acceptors (Lipinski definition) is 4. The number of thioether (sulfide) groups is 1. The number of amides is 2. The van der Waals surface area contributed by atoms with Crippen molar-refractivity contribution >= 4 is 35.2 Å². The average Bonchev–Trinajstić information content (AvgIpc) is 2.45. The van der Waals surface area contributed by atoms with Gasteiger partial charge in [0.1, 0.15) is 5.75 Å². The fraction of sp³-hybridized carbons (Fsp3) is 0.0667. The molecule has 6 heteroatoms. The molecule has 0 aliphatic carbocycles. The van der Waals surface area contributed by atoms with Crippen LogP contribution >= 0.6 is 23.4 Å². The molecule has 2 N–H and O–H groups in total. The Labute approximate surface area is 131 Å². The van der Waals surface area contributed by atoms with Gasteiger partial charge in [-0.05, 0) is 30.3 Å². The maximum atomic E-state index is 11.9. The maximum Gasteiger partial charge on any atom is 0.259 e. The number of imide groups is 1. The molecule has 0 aromatic heterocycles. The topological polar surface area (TPSA) is 66.4 Å². The Bertz CT molecular complexity index is 675. The van der Waals surface area contributed by atoms with Gasteiger partial charge in [0.25, 0.3) is 5.91 Å². The first kappa shape index (κ1) is 15.4. The molecule has 0 bridgehead atoms. The Kier molecular flexibility index (Phi) is 5.25. The minimum Gasteiger partial charge on any atom is -0.508 e. The van der Waals surface area contributed by atoms with Crippen LogP contribution in [0.2, 0.25) is 5.02 Å². The second-order valence-electron chi connectivity index (χ2n) is 4.14. The Morgan fingerprint density at radius 2 is 1.90 bits per heavy atom. The first-order chi connectivity index (χ1) is 10.1. The summed E-state index contributed by atoms with van der Waals surface area (Å²) in [5.74, 6) is -0.748. The lowest BCUT2D eigenvalue weighted by Crippen LogP contribution is -2.32. The molecule has 4 nitrogen and oxygen atoms in total. The highest BCUT2D eigenvalue weighted by molar-refractivity contribution is 8.00. The largest absolute Gasteiger partial charge is 0.508 e. The van der Waals surface area contributed by atoms with Gasteiger partial charge in [0, 0.05) is 4.90 Å². The van der Waals surface area contributed by atoms with Gasteiger partial charge in [0.2, 0.25) is 5.91 Å². The number of carbonyl (C=O) groups is 2. The third-order valence-corrected chi connectivity index (χ3v) is 3.88. The zero-order valence-corrected chi connectivity index (χ0v) is 12.4. The Hall–Kier alpha value is -1.98. The van der Waals surface area contributed by atoms with Crippen LogP contribution < -0.4 is 5.32 Å². The fourth-order valence-corrected chi connectivity index (χ4v) is 2.57.